The molecule has 6 heteroatoms. The van der Waals surface area contributed by atoms with E-state index in [1.165, 1.54) is 6.20 Å². The molecule has 0 aromatic carbocycles. The molecule has 1 rings (SSSR count). The maximum atomic E-state index is 12.4. The SMILES string of the molecule is CCCCCN(CCO)C(=O)c1cnc(C)c(Cl)c1Cl. The Kier molecular flexibility index (Phi) is 7.27. The van der Waals surface area contributed by atoms with Gasteiger partial charge in [-0.25, -0.2) is 0 Å². The van der Waals surface area contributed by atoms with E-state index in [0.717, 1.165) is 19.3 Å². The van der Waals surface area contributed by atoms with Gasteiger partial charge in [0, 0.05) is 19.3 Å². The number of aliphatic hydroxyl groups excluding tert-OH is 1. The molecule has 1 aromatic rings. The van der Waals surface area contributed by atoms with Gasteiger partial charge in [-0.2, -0.15) is 0 Å². The third-order valence-corrected chi connectivity index (χ3v) is 4.01. The molecule has 0 aliphatic heterocycles. The average molecular weight is 319 g/mol. The summed E-state index contributed by atoms with van der Waals surface area (Å²) in [7, 11) is 0. The molecule has 0 saturated heterocycles. The fourth-order valence-electron chi connectivity index (χ4n) is 1.86. The minimum atomic E-state index is -0.241. The van der Waals surface area contributed by atoms with Gasteiger partial charge in [0.25, 0.3) is 5.91 Å². The van der Waals surface area contributed by atoms with Gasteiger partial charge in [0.05, 0.1) is 27.9 Å². The van der Waals surface area contributed by atoms with Crippen LogP contribution in [0.5, 0.6) is 0 Å². The Morgan fingerprint density at radius 1 is 1.30 bits per heavy atom. The number of aromatic nitrogens is 1. The predicted octanol–water partition coefficient (Wildman–Crippen LogP) is 3.32. The molecule has 1 N–H and O–H groups in total. The Balaban J connectivity index is 2.91. The Morgan fingerprint density at radius 2 is 2.00 bits per heavy atom. The molecule has 112 valence electrons. The Morgan fingerprint density at radius 3 is 2.60 bits per heavy atom. The van der Waals surface area contributed by atoms with Crippen molar-refractivity contribution in [3.63, 3.8) is 0 Å². The molecule has 1 amide bonds. The first kappa shape index (κ1) is 17.2. The smallest absolute Gasteiger partial charge is 0.257 e. The van der Waals surface area contributed by atoms with Gasteiger partial charge in [0.1, 0.15) is 0 Å². The zero-order valence-corrected chi connectivity index (χ0v) is 13.3. The standard InChI is InChI=1S/C14H20Cl2N2O2/c1-3-4-5-6-18(7-8-19)14(20)11-9-17-10(2)12(15)13(11)16/h9,19H,3-8H2,1-2H3. The van der Waals surface area contributed by atoms with Crippen LogP contribution >= 0.6 is 23.2 Å². The first-order valence-corrected chi connectivity index (χ1v) is 7.49. The van der Waals surface area contributed by atoms with E-state index in [9.17, 15) is 4.79 Å². The van der Waals surface area contributed by atoms with Gasteiger partial charge in [-0.05, 0) is 13.3 Å². The van der Waals surface area contributed by atoms with Crippen LogP contribution in [0.25, 0.3) is 0 Å². The van der Waals surface area contributed by atoms with Crippen LogP contribution in [-0.4, -0.2) is 40.6 Å². The summed E-state index contributed by atoms with van der Waals surface area (Å²) < 4.78 is 0. The molecule has 1 heterocycles. The van der Waals surface area contributed by atoms with E-state index in [-0.39, 0.29) is 29.6 Å². The molecule has 0 aliphatic carbocycles. The molecule has 0 bridgehead atoms. The number of aliphatic hydroxyl groups is 1. The molecular weight excluding hydrogens is 299 g/mol. The second kappa shape index (κ2) is 8.45. The third-order valence-electron chi connectivity index (χ3n) is 3.05. The lowest BCUT2D eigenvalue weighted by Crippen LogP contribution is -2.34. The second-order valence-corrected chi connectivity index (χ2v) is 5.36. The third kappa shape index (κ3) is 4.33. The van der Waals surface area contributed by atoms with Crippen LogP contribution in [0.1, 0.15) is 42.2 Å². The number of carbonyl (C=O) groups excluding carboxylic acids is 1. The highest BCUT2D eigenvalue weighted by Gasteiger charge is 2.20. The van der Waals surface area contributed by atoms with Crippen molar-refractivity contribution in [1.82, 2.24) is 9.88 Å². The van der Waals surface area contributed by atoms with E-state index in [0.29, 0.717) is 17.3 Å². The lowest BCUT2D eigenvalue weighted by molar-refractivity contribution is 0.0718. The van der Waals surface area contributed by atoms with E-state index in [4.69, 9.17) is 28.3 Å². The molecule has 0 fully saturated rings. The zero-order chi connectivity index (χ0) is 15.1. The summed E-state index contributed by atoms with van der Waals surface area (Å²) >= 11 is 12.1. The molecular formula is C14H20Cl2N2O2. The molecule has 0 atom stereocenters. The number of rotatable bonds is 7. The highest BCUT2D eigenvalue weighted by Crippen LogP contribution is 2.28. The van der Waals surface area contributed by atoms with Gasteiger partial charge < -0.3 is 10.0 Å². The van der Waals surface area contributed by atoms with Crippen LogP contribution in [0.4, 0.5) is 0 Å². The minimum Gasteiger partial charge on any atom is -0.395 e. The van der Waals surface area contributed by atoms with Gasteiger partial charge in [-0.15, -0.1) is 0 Å². The molecule has 20 heavy (non-hydrogen) atoms. The number of nitrogens with zero attached hydrogens (tertiary/aromatic N) is 2. The summed E-state index contributed by atoms with van der Waals surface area (Å²) in [5.74, 6) is -0.241. The van der Waals surface area contributed by atoms with Crippen LogP contribution in [0.15, 0.2) is 6.20 Å². The number of halogens is 2. The Hall–Kier alpha value is -0.840. The number of carbonyl (C=O) groups is 1. The number of amides is 1. The molecule has 0 radical (unpaired) electrons. The summed E-state index contributed by atoms with van der Waals surface area (Å²) in [4.78, 5) is 18.1. The predicted molar refractivity (Wildman–Crippen MR) is 81.5 cm³/mol. The van der Waals surface area contributed by atoms with Gasteiger partial charge in [0.15, 0.2) is 0 Å². The number of pyridine rings is 1. The Labute approximate surface area is 129 Å². The number of hydrogen-bond acceptors (Lipinski definition) is 3. The van der Waals surface area contributed by atoms with E-state index in [1.807, 2.05) is 0 Å². The van der Waals surface area contributed by atoms with Crippen molar-refractivity contribution in [2.75, 3.05) is 19.7 Å². The minimum absolute atomic E-state index is 0.0808. The first-order valence-electron chi connectivity index (χ1n) is 6.73. The van der Waals surface area contributed by atoms with Crippen molar-refractivity contribution in [2.24, 2.45) is 0 Å². The van der Waals surface area contributed by atoms with E-state index in [2.05, 4.69) is 11.9 Å². The van der Waals surface area contributed by atoms with Crippen LogP contribution in [-0.2, 0) is 0 Å². The maximum Gasteiger partial charge on any atom is 0.257 e. The topological polar surface area (TPSA) is 53.4 Å². The summed E-state index contributed by atoms with van der Waals surface area (Å²) in [5.41, 5.74) is 0.875. The summed E-state index contributed by atoms with van der Waals surface area (Å²) in [6.45, 7) is 4.62. The quantitative estimate of drug-likeness (QED) is 0.784. The van der Waals surface area contributed by atoms with Crippen molar-refractivity contribution in [3.8, 4) is 0 Å². The van der Waals surface area contributed by atoms with E-state index >= 15 is 0 Å². The number of hydrogen-bond donors (Lipinski definition) is 1. The molecule has 0 unspecified atom stereocenters. The first-order chi connectivity index (χ1) is 9.52. The molecule has 0 spiro atoms. The molecule has 1 aromatic heterocycles. The summed E-state index contributed by atoms with van der Waals surface area (Å²) in [5, 5.41) is 9.61. The van der Waals surface area contributed by atoms with Gasteiger partial charge in [-0.1, -0.05) is 43.0 Å². The van der Waals surface area contributed by atoms with Gasteiger partial charge in [0.2, 0.25) is 0 Å². The highest BCUT2D eigenvalue weighted by molar-refractivity contribution is 6.44. The lowest BCUT2D eigenvalue weighted by atomic mass is 10.2. The van der Waals surface area contributed by atoms with Crippen LogP contribution < -0.4 is 0 Å². The van der Waals surface area contributed by atoms with Crippen LogP contribution in [0, 0.1) is 6.92 Å². The van der Waals surface area contributed by atoms with Crippen molar-refractivity contribution < 1.29 is 9.90 Å². The molecule has 0 aliphatic rings. The molecule has 4 nitrogen and oxygen atoms in total. The maximum absolute atomic E-state index is 12.4. The van der Waals surface area contributed by atoms with E-state index < -0.39 is 0 Å². The largest absolute Gasteiger partial charge is 0.395 e. The summed E-state index contributed by atoms with van der Waals surface area (Å²) in [6.07, 6.45) is 4.44. The lowest BCUT2D eigenvalue weighted by Gasteiger charge is -2.22. The van der Waals surface area contributed by atoms with Gasteiger partial charge in [-0.3, -0.25) is 9.78 Å². The zero-order valence-electron chi connectivity index (χ0n) is 11.8. The Bertz CT molecular complexity index is 467. The van der Waals surface area contributed by atoms with Crippen molar-refractivity contribution in [2.45, 2.75) is 33.1 Å². The van der Waals surface area contributed by atoms with Crippen LogP contribution in [0.2, 0.25) is 10.0 Å². The number of aryl methyl sites for hydroxylation is 1. The van der Waals surface area contributed by atoms with Crippen molar-refractivity contribution in [3.05, 3.63) is 27.5 Å². The van der Waals surface area contributed by atoms with Crippen molar-refractivity contribution in [1.29, 1.82) is 0 Å². The normalized spacial score (nSPS) is 10.7. The van der Waals surface area contributed by atoms with Gasteiger partial charge >= 0.3 is 0 Å². The van der Waals surface area contributed by atoms with E-state index in [1.54, 1.807) is 11.8 Å². The van der Waals surface area contributed by atoms with Crippen LogP contribution in [0.3, 0.4) is 0 Å². The monoisotopic (exact) mass is 318 g/mol. The second-order valence-electron chi connectivity index (χ2n) is 4.61. The fraction of sp³-hybridized carbons (Fsp3) is 0.571. The summed E-state index contributed by atoms with van der Waals surface area (Å²) in [6, 6.07) is 0. The average Bonchev–Trinajstić information content (AvgIpc) is 2.43. The number of unbranched alkanes of at least 4 members (excludes halogenated alkanes) is 2. The molecule has 0 saturated carbocycles. The fourth-order valence-corrected chi connectivity index (χ4v) is 2.28. The van der Waals surface area contributed by atoms with Crippen molar-refractivity contribution >= 4 is 29.1 Å². The highest BCUT2D eigenvalue weighted by atomic mass is 35.5.